The molecule has 2 heterocycles. The third kappa shape index (κ3) is 6.95. The zero-order valence-electron chi connectivity index (χ0n) is 18.0. The Balaban J connectivity index is 0.000000286. The Labute approximate surface area is 205 Å². The third-order valence-corrected chi connectivity index (χ3v) is 4.95. The predicted molar refractivity (Wildman–Crippen MR) is 127 cm³/mol. The van der Waals surface area contributed by atoms with Crippen LogP contribution in [0.5, 0.6) is 11.5 Å². The highest BCUT2D eigenvalue weighted by molar-refractivity contribution is 6.32. The van der Waals surface area contributed by atoms with E-state index >= 15 is 0 Å². The summed E-state index contributed by atoms with van der Waals surface area (Å²) in [5, 5.41) is 15.3. The summed E-state index contributed by atoms with van der Waals surface area (Å²) in [6.07, 6.45) is 0. The Morgan fingerprint density at radius 1 is 0.758 bits per heavy atom. The van der Waals surface area contributed by atoms with Crippen molar-refractivity contribution in [3.8, 4) is 22.8 Å². The van der Waals surface area contributed by atoms with Gasteiger partial charge in [0.25, 0.3) is 0 Å². The number of benzene rings is 2. The van der Waals surface area contributed by atoms with E-state index in [4.69, 9.17) is 44.3 Å². The summed E-state index contributed by atoms with van der Waals surface area (Å²) in [7, 11) is 1.60. The molecule has 0 bridgehead atoms. The fraction of sp³-hybridized carbons (Fsp3) is 0.182. The summed E-state index contributed by atoms with van der Waals surface area (Å²) < 4.78 is 11.3. The van der Waals surface area contributed by atoms with Gasteiger partial charge in [-0.25, -0.2) is 9.97 Å². The summed E-state index contributed by atoms with van der Waals surface area (Å²) in [4.78, 5) is 7.87. The van der Waals surface area contributed by atoms with Crippen LogP contribution in [0.4, 0.5) is 0 Å². The second-order valence-electron chi connectivity index (χ2n) is 6.61. The molecule has 0 saturated heterocycles. The second-order valence-corrected chi connectivity index (χ2v) is 7.65. The number of aryl methyl sites for hydroxylation is 2. The van der Waals surface area contributed by atoms with Crippen molar-refractivity contribution in [1.82, 2.24) is 30.4 Å². The van der Waals surface area contributed by atoms with Crippen LogP contribution in [0.15, 0.2) is 48.5 Å². The Bertz CT molecular complexity index is 1230. The van der Waals surface area contributed by atoms with Crippen LogP contribution in [0.25, 0.3) is 11.3 Å². The van der Waals surface area contributed by atoms with Gasteiger partial charge in [0, 0.05) is 5.56 Å². The fourth-order valence-electron chi connectivity index (χ4n) is 2.64. The lowest BCUT2D eigenvalue weighted by Crippen LogP contribution is -1.99. The highest BCUT2D eigenvalue weighted by atomic mass is 35.5. The summed E-state index contributed by atoms with van der Waals surface area (Å²) >= 11 is 16.7. The van der Waals surface area contributed by atoms with Gasteiger partial charge >= 0.3 is 0 Å². The highest BCUT2D eigenvalue weighted by Crippen LogP contribution is 2.33. The number of halogens is 3. The van der Waals surface area contributed by atoms with Crippen molar-refractivity contribution in [2.24, 2.45) is 0 Å². The normalized spacial score (nSPS) is 10.2. The summed E-state index contributed by atoms with van der Waals surface area (Å²) in [5.74, 6) is 1.29. The third-order valence-electron chi connectivity index (χ3n) is 4.27. The zero-order chi connectivity index (χ0) is 23.8. The van der Waals surface area contributed by atoms with Crippen LogP contribution in [-0.4, -0.2) is 37.5 Å². The van der Waals surface area contributed by atoms with Crippen molar-refractivity contribution in [2.45, 2.75) is 20.5 Å². The lowest BCUT2D eigenvalue weighted by atomic mass is 10.1. The molecule has 4 aromatic rings. The average Bonchev–Trinajstić information content (AvgIpc) is 2.83. The van der Waals surface area contributed by atoms with Crippen LogP contribution in [0.3, 0.4) is 0 Å². The average molecular weight is 506 g/mol. The van der Waals surface area contributed by atoms with E-state index in [1.165, 1.54) is 0 Å². The molecule has 0 aliphatic carbocycles. The number of ether oxygens (including phenoxy) is 2. The molecule has 4 rings (SSSR count). The first kappa shape index (κ1) is 24.6. The molecule has 0 aliphatic rings. The monoisotopic (exact) mass is 504 g/mol. The first-order valence-electron chi connectivity index (χ1n) is 9.61. The van der Waals surface area contributed by atoms with Gasteiger partial charge in [-0.05, 0) is 60.8 Å². The Morgan fingerprint density at radius 3 is 2.06 bits per heavy atom. The fourth-order valence-corrected chi connectivity index (χ4v) is 3.05. The lowest BCUT2D eigenvalue weighted by Gasteiger charge is -2.12. The minimum Gasteiger partial charge on any atom is -0.493 e. The molecule has 0 spiro atoms. The van der Waals surface area contributed by atoms with Gasteiger partial charge in [0.2, 0.25) is 10.6 Å². The number of methoxy groups -OCH3 is 1. The molecule has 0 radical (unpaired) electrons. The second kappa shape index (κ2) is 11.7. The molecule has 11 heteroatoms. The summed E-state index contributed by atoms with van der Waals surface area (Å²) in [5.41, 5.74) is 3.88. The van der Waals surface area contributed by atoms with Crippen LogP contribution in [0.2, 0.25) is 15.7 Å². The largest absolute Gasteiger partial charge is 0.493 e. The maximum Gasteiger partial charge on any atom is 0.244 e. The topological polar surface area (TPSA) is 95.8 Å². The maximum atomic E-state index is 5.86. The molecule has 0 saturated carbocycles. The molecule has 0 amide bonds. The Kier molecular flexibility index (Phi) is 8.71. The van der Waals surface area contributed by atoms with Gasteiger partial charge in [-0.15, -0.1) is 15.3 Å². The molecule has 0 unspecified atom stereocenters. The zero-order valence-corrected chi connectivity index (χ0v) is 20.2. The van der Waals surface area contributed by atoms with E-state index in [9.17, 15) is 0 Å². The van der Waals surface area contributed by atoms with E-state index in [1.807, 2.05) is 55.5 Å². The lowest BCUT2D eigenvalue weighted by molar-refractivity contribution is 0.284. The van der Waals surface area contributed by atoms with Crippen molar-refractivity contribution in [3.63, 3.8) is 0 Å². The number of nitrogens with zero attached hydrogens (tertiary/aromatic N) is 6. The van der Waals surface area contributed by atoms with Crippen LogP contribution in [-0.2, 0) is 6.61 Å². The molecular weight excluding hydrogens is 487 g/mol. The number of rotatable bonds is 5. The molecular formula is C22H19Cl3N6O2. The van der Waals surface area contributed by atoms with Gasteiger partial charge < -0.3 is 9.47 Å². The van der Waals surface area contributed by atoms with Gasteiger partial charge in [-0.2, -0.15) is 5.10 Å². The number of hydrogen-bond donors (Lipinski definition) is 0. The molecule has 0 fully saturated rings. The Hall–Kier alpha value is -3.07. The van der Waals surface area contributed by atoms with Crippen molar-refractivity contribution in [2.75, 3.05) is 7.11 Å². The predicted octanol–water partition coefficient (Wildman–Crippen LogP) is 5.57. The number of hydrogen-bond acceptors (Lipinski definition) is 8. The molecule has 170 valence electrons. The van der Waals surface area contributed by atoms with Crippen LogP contribution >= 0.6 is 34.8 Å². The number of aromatic nitrogens is 6. The van der Waals surface area contributed by atoms with E-state index < -0.39 is 0 Å². The van der Waals surface area contributed by atoms with Crippen molar-refractivity contribution >= 4 is 34.8 Å². The van der Waals surface area contributed by atoms with Gasteiger partial charge in [0.1, 0.15) is 6.61 Å². The quantitative estimate of drug-likeness (QED) is 0.347. The minimum atomic E-state index is 0.0746. The van der Waals surface area contributed by atoms with Crippen molar-refractivity contribution in [1.29, 1.82) is 0 Å². The van der Waals surface area contributed by atoms with E-state index in [-0.39, 0.29) is 10.6 Å². The molecule has 2 aromatic carbocycles. The summed E-state index contributed by atoms with van der Waals surface area (Å²) in [6.45, 7) is 4.01. The first-order valence-corrected chi connectivity index (χ1v) is 10.7. The Morgan fingerprint density at radius 2 is 1.42 bits per heavy atom. The van der Waals surface area contributed by atoms with Crippen molar-refractivity contribution in [3.05, 3.63) is 81.2 Å². The van der Waals surface area contributed by atoms with E-state index in [1.54, 1.807) is 14.0 Å². The molecule has 0 atom stereocenters. The van der Waals surface area contributed by atoms with Crippen LogP contribution in [0, 0.1) is 13.8 Å². The molecule has 8 nitrogen and oxygen atoms in total. The smallest absolute Gasteiger partial charge is 0.244 e. The van der Waals surface area contributed by atoms with Gasteiger partial charge in [-0.3, -0.25) is 0 Å². The van der Waals surface area contributed by atoms with E-state index in [0.717, 1.165) is 11.1 Å². The highest BCUT2D eigenvalue weighted by Gasteiger charge is 2.12. The SMILES string of the molecule is COc1cc(-c2nc(Cl)nnc2C)ccc1OCc1ccccc1.Cc1nnc(Cl)nc1Cl. The van der Waals surface area contributed by atoms with Crippen LogP contribution in [0.1, 0.15) is 17.0 Å². The van der Waals surface area contributed by atoms with Gasteiger partial charge in [0.05, 0.1) is 24.2 Å². The van der Waals surface area contributed by atoms with E-state index in [0.29, 0.717) is 40.3 Å². The van der Waals surface area contributed by atoms with Crippen LogP contribution < -0.4 is 9.47 Å². The first-order chi connectivity index (χ1) is 15.9. The van der Waals surface area contributed by atoms with Gasteiger partial charge in [0.15, 0.2) is 16.7 Å². The maximum absolute atomic E-state index is 5.86. The molecule has 33 heavy (non-hydrogen) atoms. The molecule has 0 N–H and O–H groups in total. The molecule has 0 aliphatic heterocycles. The van der Waals surface area contributed by atoms with Gasteiger partial charge in [-0.1, -0.05) is 41.9 Å². The summed E-state index contributed by atoms with van der Waals surface area (Å²) in [6, 6.07) is 15.6. The minimum absolute atomic E-state index is 0.0746. The van der Waals surface area contributed by atoms with Crippen molar-refractivity contribution < 1.29 is 9.47 Å². The van der Waals surface area contributed by atoms with E-state index in [2.05, 4.69) is 30.4 Å². The standard InChI is InChI=1S/C18H16ClN3O2.C4H3Cl2N3/c1-12-17(20-18(19)22-21-12)14-8-9-15(16(10-14)23-2)24-11-13-6-4-3-5-7-13;1-2-3(5)7-4(6)9-8-2/h3-10H,11H2,1-2H3;1H3. The molecule has 2 aromatic heterocycles.